The van der Waals surface area contributed by atoms with Crippen LogP contribution in [0.5, 0.6) is 0 Å². The Kier molecular flexibility index (Phi) is 10.1. The molecule has 2 heterocycles. The van der Waals surface area contributed by atoms with Crippen molar-refractivity contribution in [3.63, 3.8) is 0 Å². The Morgan fingerprint density at radius 3 is 2.45 bits per heavy atom. The van der Waals surface area contributed by atoms with Gasteiger partial charge >= 0.3 is 5.91 Å². The van der Waals surface area contributed by atoms with E-state index in [2.05, 4.69) is 25.8 Å². The molecular weight excluding hydrogens is 608 g/mol. The van der Waals surface area contributed by atoms with Gasteiger partial charge in [0.05, 0.1) is 36.7 Å². The van der Waals surface area contributed by atoms with E-state index in [0.29, 0.717) is 0 Å². The lowest BCUT2D eigenvalue weighted by Gasteiger charge is -2.11. The fraction of sp³-hybridized carbons (Fsp3) is 0.0833. The number of nitro benzene ring substituents is 1. The van der Waals surface area contributed by atoms with E-state index in [1.165, 1.54) is 30.3 Å². The van der Waals surface area contributed by atoms with Crippen LogP contribution in [0.4, 0.5) is 11.4 Å². The van der Waals surface area contributed by atoms with Crippen molar-refractivity contribution >= 4 is 74.7 Å². The molecule has 40 heavy (non-hydrogen) atoms. The molecule has 0 spiro atoms. The first kappa shape index (κ1) is 30.4. The van der Waals surface area contributed by atoms with Gasteiger partial charge in [0, 0.05) is 30.7 Å². The van der Waals surface area contributed by atoms with Gasteiger partial charge in [-0.15, -0.1) is 0 Å². The van der Waals surface area contributed by atoms with E-state index in [9.17, 15) is 24.5 Å². The number of halogens is 4. The number of carbonyl (C=O) groups is 2. The summed E-state index contributed by atoms with van der Waals surface area (Å²) >= 11 is 18.2. The molecule has 0 unspecified atom stereocenters. The summed E-state index contributed by atoms with van der Waals surface area (Å²) in [5.74, 6) is -1.36. The number of aromatic amines is 1. The Bertz CT molecular complexity index is 1700. The number of carbonyl (C=O) groups excluding carboxylic acids is 2. The minimum atomic E-state index is -0.812. The molecule has 2 aromatic carbocycles. The second kappa shape index (κ2) is 13.3. The van der Waals surface area contributed by atoms with Gasteiger partial charge in [-0.2, -0.15) is 9.67 Å². The number of fused-ring (bicyclic) bond motifs is 1. The molecule has 0 atom stereocenters. The molecule has 0 aliphatic carbocycles. The SMILES string of the molecule is O=C(C[n+]1ccccc1)N/N=C(\Cc1nc2ccc([N+](=O)[O-])cc2[nH]c1=O)C(=O)Nc1cc(Cl)c(Cl)cc1Cl.[Cl-]. The van der Waals surface area contributed by atoms with Crippen LogP contribution in [0.25, 0.3) is 11.0 Å². The molecule has 0 saturated carbocycles. The minimum Gasteiger partial charge on any atom is -1.00 e. The molecule has 0 fully saturated rings. The van der Waals surface area contributed by atoms with Crippen molar-refractivity contribution in [1.29, 1.82) is 0 Å². The number of nitro groups is 1. The number of benzene rings is 2. The highest BCUT2D eigenvalue weighted by Crippen LogP contribution is 2.32. The van der Waals surface area contributed by atoms with Crippen LogP contribution in [0, 0.1) is 10.1 Å². The Morgan fingerprint density at radius 2 is 1.75 bits per heavy atom. The van der Waals surface area contributed by atoms with E-state index in [4.69, 9.17) is 34.8 Å². The number of nitrogens with zero attached hydrogens (tertiary/aromatic N) is 4. The van der Waals surface area contributed by atoms with Gasteiger partial charge in [0.15, 0.2) is 12.4 Å². The molecule has 3 N–H and O–H groups in total. The number of pyridine rings is 1. The largest absolute Gasteiger partial charge is 1.00 e. The number of hydrogen-bond acceptors (Lipinski definition) is 7. The second-order valence-corrected chi connectivity index (χ2v) is 9.21. The molecule has 2 aromatic heterocycles. The Morgan fingerprint density at radius 1 is 1.05 bits per heavy atom. The number of H-pyrrole nitrogens is 1. The molecule has 0 radical (unpaired) electrons. The van der Waals surface area contributed by atoms with Gasteiger partial charge in [0.1, 0.15) is 11.4 Å². The zero-order valence-corrected chi connectivity index (χ0v) is 23.1. The molecule has 0 aliphatic heterocycles. The molecule has 206 valence electrons. The molecule has 2 amide bonds. The van der Waals surface area contributed by atoms with Crippen LogP contribution >= 0.6 is 34.8 Å². The van der Waals surface area contributed by atoms with Crippen LogP contribution in [-0.2, 0) is 22.6 Å². The lowest BCUT2D eigenvalue weighted by Crippen LogP contribution is -3.00. The summed E-state index contributed by atoms with van der Waals surface area (Å²) in [6.45, 7) is -0.0918. The number of hydrazone groups is 1. The number of aromatic nitrogens is 3. The van der Waals surface area contributed by atoms with Gasteiger partial charge in [-0.05, 0) is 18.2 Å². The third-order valence-electron chi connectivity index (χ3n) is 5.23. The molecule has 16 heteroatoms. The van der Waals surface area contributed by atoms with E-state index >= 15 is 0 Å². The summed E-state index contributed by atoms with van der Waals surface area (Å²) in [6, 6.07) is 11.7. The topological polar surface area (TPSA) is 163 Å². The number of hydrogen-bond donors (Lipinski definition) is 3. The quantitative estimate of drug-likeness (QED) is 0.0846. The summed E-state index contributed by atoms with van der Waals surface area (Å²) < 4.78 is 1.59. The van der Waals surface area contributed by atoms with Crippen LogP contribution in [0.3, 0.4) is 0 Å². The fourth-order valence-electron chi connectivity index (χ4n) is 3.36. The third kappa shape index (κ3) is 7.51. The lowest BCUT2D eigenvalue weighted by molar-refractivity contribution is -0.684. The first-order chi connectivity index (χ1) is 18.6. The molecule has 12 nitrogen and oxygen atoms in total. The van der Waals surface area contributed by atoms with E-state index in [-0.39, 0.29) is 67.8 Å². The van der Waals surface area contributed by atoms with E-state index < -0.39 is 28.7 Å². The summed E-state index contributed by atoms with van der Waals surface area (Å²) in [7, 11) is 0. The number of amides is 2. The summed E-state index contributed by atoms with van der Waals surface area (Å²) in [5, 5.41) is 17.9. The maximum atomic E-state index is 13.2. The predicted octanol–water partition coefficient (Wildman–Crippen LogP) is 0.437. The van der Waals surface area contributed by atoms with Crippen LogP contribution in [-0.4, -0.2) is 32.4 Å². The smallest absolute Gasteiger partial charge is 0.305 e. The second-order valence-electron chi connectivity index (χ2n) is 7.99. The molecule has 0 bridgehead atoms. The third-order valence-corrected chi connectivity index (χ3v) is 6.27. The molecular formula is C24H17Cl4N7O5. The van der Waals surface area contributed by atoms with Crippen molar-refractivity contribution in [3.8, 4) is 0 Å². The zero-order valence-electron chi connectivity index (χ0n) is 20.0. The van der Waals surface area contributed by atoms with Gasteiger partial charge in [0.25, 0.3) is 17.2 Å². The van der Waals surface area contributed by atoms with Crippen molar-refractivity contribution in [1.82, 2.24) is 15.4 Å². The Hall–Kier alpha value is -4.10. The van der Waals surface area contributed by atoms with Crippen LogP contribution in [0.2, 0.25) is 15.1 Å². The van der Waals surface area contributed by atoms with Crippen LogP contribution in [0.15, 0.2) is 70.8 Å². The van der Waals surface area contributed by atoms with Gasteiger partial charge < -0.3 is 22.7 Å². The maximum Gasteiger partial charge on any atom is 0.305 e. The number of anilines is 1. The molecule has 4 rings (SSSR count). The molecule has 0 saturated heterocycles. The Balaban J connectivity index is 0.00000441. The van der Waals surface area contributed by atoms with Gasteiger partial charge in [0.2, 0.25) is 6.54 Å². The van der Waals surface area contributed by atoms with E-state index in [1.807, 2.05) is 0 Å². The van der Waals surface area contributed by atoms with Gasteiger partial charge in [-0.25, -0.2) is 10.4 Å². The predicted molar refractivity (Wildman–Crippen MR) is 145 cm³/mol. The summed E-state index contributed by atoms with van der Waals surface area (Å²) in [5.41, 5.74) is 1.44. The summed E-state index contributed by atoms with van der Waals surface area (Å²) in [6.07, 6.45) is 2.93. The normalized spacial score (nSPS) is 11.0. The summed E-state index contributed by atoms with van der Waals surface area (Å²) in [4.78, 5) is 55.6. The van der Waals surface area contributed by atoms with Crippen molar-refractivity contribution in [3.05, 3.63) is 102 Å². The van der Waals surface area contributed by atoms with Crippen molar-refractivity contribution in [2.75, 3.05) is 5.32 Å². The van der Waals surface area contributed by atoms with Gasteiger partial charge in [-0.3, -0.25) is 24.5 Å². The highest BCUT2D eigenvalue weighted by molar-refractivity contribution is 6.46. The van der Waals surface area contributed by atoms with Crippen LogP contribution in [0.1, 0.15) is 5.69 Å². The Labute approximate surface area is 246 Å². The van der Waals surface area contributed by atoms with E-state index in [1.54, 1.807) is 35.2 Å². The number of rotatable bonds is 8. The maximum absolute atomic E-state index is 13.2. The van der Waals surface area contributed by atoms with Gasteiger partial charge in [-0.1, -0.05) is 40.9 Å². The monoisotopic (exact) mass is 623 g/mol. The average Bonchev–Trinajstić information content (AvgIpc) is 2.90. The number of nitrogens with one attached hydrogen (secondary N) is 3. The highest BCUT2D eigenvalue weighted by Gasteiger charge is 2.20. The van der Waals surface area contributed by atoms with Crippen molar-refractivity contribution in [2.45, 2.75) is 13.0 Å². The lowest BCUT2D eigenvalue weighted by atomic mass is 10.1. The average molecular weight is 625 g/mol. The minimum absolute atomic E-state index is 0. The fourth-order valence-corrected chi connectivity index (χ4v) is 3.95. The standard InChI is InChI=1S/C24H16Cl3N7O5.ClH/c25-14-9-16(27)18(10-15(14)26)29-24(37)21(31-32-22(35)12-33-6-2-1-3-7-33)11-20-23(36)30-19-8-13(34(38)39)4-5-17(19)28-20;/h1-10H,11-12H2,(H2-,29,30,32,35,36,37);1H. The molecule has 0 aliphatic rings. The zero-order chi connectivity index (χ0) is 28.1. The van der Waals surface area contributed by atoms with E-state index in [0.717, 1.165) is 0 Å². The van der Waals surface area contributed by atoms with Crippen molar-refractivity contribution in [2.24, 2.45) is 5.10 Å². The first-order valence-corrected chi connectivity index (χ1v) is 12.2. The van der Waals surface area contributed by atoms with Crippen LogP contribution < -0.4 is 33.3 Å². The molecule has 4 aromatic rings. The highest BCUT2D eigenvalue weighted by atomic mass is 35.5. The first-order valence-electron chi connectivity index (χ1n) is 11.0. The van der Waals surface area contributed by atoms with Crippen molar-refractivity contribution < 1.29 is 31.5 Å². The number of non-ortho nitro benzene ring substituents is 1.